The van der Waals surface area contributed by atoms with Crippen molar-refractivity contribution in [1.29, 1.82) is 0 Å². The first-order valence-corrected chi connectivity index (χ1v) is 3.91. The number of rotatable bonds is 4. The Labute approximate surface area is 67.9 Å². The Balaban J connectivity index is 3.32. The van der Waals surface area contributed by atoms with Gasteiger partial charge in [-0.05, 0) is 19.3 Å². The summed E-state index contributed by atoms with van der Waals surface area (Å²) in [5.74, 6) is 0.120. The third kappa shape index (κ3) is 5.85. The molecule has 3 heteroatoms. The molecule has 0 aromatic rings. The van der Waals surface area contributed by atoms with Crippen LogP contribution in [0.2, 0.25) is 0 Å². The number of ether oxygens (including phenoxy) is 1. The minimum atomic E-state index is -0.748. The van der Waals surface area contributed by atoms with Crippen LogP contribution < -0.4 is 5.73 Å². The van der Waals surface area contributed by atoms with E-state index >= 15 is 0 Å². The highest BCUT2D eigenvalue weighted by molar-refractivity contribution is 5.74. The molecule has 1 atom stereocenters. The summed E-state index contributed by atoms with van der Waals surface area (Å²) in [5.41, 5.74) is 6.99. The first-order chi connectivity index (χ1) is 5.04. The lowest BCUT2D eigenvalue weighted by Gasteiger charge is -2.07. The van der Waals surface area contributed by atoms with Crippen molar-refractivity contribution in [2.75, 3.05) is 6.61 Å². The molecule has 0 aliphatic rings. The Bertz CT molecular complexity index is 121. The van der Waals surface area contributed by atoms with Gasteiger partial charge >= 0.3 is 5.97 Å². The number of nitrogens with one attached hydrogen (secondary N) is 1. The van der Waals surface area contributed by atoms with Crippen molar-refractivity contribution < 1.29 is 9.53 Å². The van der Waals surface area contributed by atoms with Crippen molar-refractivity contribution in [2.45, 2.75) is 33.2 Å². The van der Waals surface area contributed by atoms with E-state index in [4.69, 9.17) is 10.5 Å². The number of hydrogen-bond acceptors (Lipinski definition) is 2. The van der Waals surface area contributed by atoms with Gasteiger partial charge in [0, 0.05) is 0 Å². The van der Waals surface area contributed by atoms with Gasteiger partial charge in [-0.1, -0.05) is 13.8 Å². The van der Waals surface area contributed by atoms with Crippen LogP contribution in [0, 0.1) is 5.92 Å². The molecule has 0 aromatic heterocycles. The summed E-state index contributed by atoms with van der Waals surface area (Å²) >= 11 is 0. The van der Waals surface area contributed by atoms with Crippen LogP contribution in [0.3, 0.4) is 0 Å². The van der Waals surface area contributed by atoms with Gasteiger partial charge in [0.2, 0.25) is 0 Å². The molecule has 65 valence electrons. The Hall–Kier alpha value is -0.570. The Morgan fingerprint density at radius 1 is 1.45 bits per heavy atom. The Morgan fingerprint density at radius 2 is 2.00 bits per heavy atom. The lowest BCUT2D eigenvalue weighted by atomic mass is 10.1. The standard InChI is InChI=1S/C8H16NO2/c1-6(2)4-5-11-8(10)7(3)9/h6-7,9H,4-5H2,1-3H3. The quantitative estimate of drug-likeness (QED) is 0.578. The molecule has 0 saturated carbocycles. The Kier molecular flexibility index (Phi) is 4.86. The van der Waals surface area contributed by atoms with Gasteiger partial charge in [0.25, 0.3) is 0 Å². The number of esters is 1. The second kappa shape index (κ2) is 5.13. The van der Waals surface area contributed by atoms with Crippen molar-refractivity contribution in [3.63, 3.8) is 0 Å². The molecule has 3 nitrogen and oxygen atoms in total. The fourth-order valence-corrected chi connectivity index (χ4v) is 0.520. The summed E-state index contributed by atoms with van der Waals surface area (Å²) < 4.78 is 4.79. The summed E-state index contributed by atoms with van der Waals surface area (Å²) in [6.07, 6.45) is 0.873. The van der Waals surface area contributed by atoms with Crippen LogP contribution in [-0.4, -0.2) is 18.6 Å². The molecule has 1 unspecified atom stereocenters. The zero-order valence-electron chi connectivity index (χ0n) is 7.39. The van der Waals surface area contributed by atoms with E-state index in [1.54, 1.807) is 0 Å². The van der Waals surface area contributed by atoms with Crippen molar-refractivity contribution in [3.05, 3.63) is 0 Å². The number of carbonyl (C=O) groups is 1. The molecule has 0 fully saturated rings. The molecular weight excluding hydrogens is 142 g/mol. The average Bonchev–Trinajstić information content (AvgIpc) is 1.86. The fourth-order valence-electron chi connectivity index (χ4n) is 0.520. The summed E-state index contributed by atoms with van der Waals surface area (Å²) in [7, 11) is 0. The summed E-state index contributed by atoms with van der Waals surface area (Å²) in [6, 6.07) is -0.748. The lowest BCUT2D eigenvalue weighted by Crippen LogP contribution is -2.21. The van der Waals surface area contributed by atoms with Crippen LogP contribution in [0.5, 0.6) is 0 Å². The van der Waals surface area contributed by atoms with E-state index in [9.17, 15) is 4.79 Å². The van der Waals surface area contributed by atoms with Gasteiger partial charge in [0.05, 0.1) is 6.61 Å². The molecule has 0 aromatic carbocycles. The molecule has 1 N–H and O–H groups in total. The second-order valence-electron chi connectivity index (χ2n) is 3.07. The second-order valence-corrected chi connectivity index (χ2v) is 3.07. The smallest absolute Gasteiger partial charge is 0.324 e. The SMILES string of the molecule is CC(C)CCOC(=O)C(C)[NH]. The summed E-state index contributed by atoms with van der Waals surface area (Å²) in [5, 5.41) is 0. The monoisotopic (exact) mass is 158 g/mol. The molecular formula is C8H16NO2. The van der Waals surface area contributed by atoms with Crippen LogP contribution in [0.4, 0.5) is 0 Å². The minimum Gasteiger partial charge on any atom is -0.464 e. The van der Waals surface area contributed by atoms with Crippen molar-refractivity contribution in [3.8, 4) is 0 Å². The molecule has 0 rings (SSSR count). The average molecular weight is 158 g/mol. The number of hydrogen-bond donors (Lipinski definition) is 0. The van der Waals surface area contributed by atoms with Crippen molar-refractivity contribution >= 4 is 5.97 Å². The highest BCUT2D eigenvalue weighted by atomic mass is 16.5. The third-order valence-corrected chi connectivity index (χ3v) is 1.29. The van der Waals surface area contributed by atoms with Crippen molar-refractivity contribution in [2.24, 2.45) is 5.92 Å². The van der Waals surface area contributed by atoms with E-state index in [1.165, 1.54) is 6.92 Å². The highest BCUT2D eigenvalue weighted by Gasteiger charge is 2.08. The van der Waals surface area contributed by atoms with Gasteiger partial charge in [0.15, 0.2) is 0 Å². The predicted octanol–water partition coefficient (Wildman–Crippen LogP) is 1.25. The van der Waals surface area contributed by atoms with E-state index in [2.05, 4.69) is 13.8 Å². The zero-order valence-corrected chi connectivity index (χ0v) is 7.39. The van der Waals surface area contributed by atoms with E-state index in [0.717, 1.165) is 6.42 Å². The maximum absolute atomic E-state index is 10.7. The van der Waals surface area contributed by atoms with Crippen LogP contribution in [0.25, 0.3) is 0 Å². The normalized spacial score (nSPS) is 13.2. The predicted molar refractivity (Wildman–Crippen MR) is 43.0 cm³/mol. The van der Waals surface area contributed by atoms with E-state index in [-0.39, 0.29) is 0 Å². The molecule has 0 heterocycles. The van der Waals surface area contributed by atoms with Crippen LogP contribution >= 0.6 is 0 Å². The van der Waals surface area contributed by atoms with Gasteiger partial charge in [-0.2, -0.15) is 0 Å². The minimum absolute atomic E-state index is 0.425. The topological polar surface area (TPSA) is 50.1 Å². The first kappa shape index (κ1) is 10.4. The molecule has 0 aliphatic heterocycles. The Morgan fingerprint density at radius 3 is 2.36 bits per heavy atom. The van der Waals surface area contributed by atoms with Crippen LogP contribution in [-0.2, 0) is 9.53 Å². The van der Waals surface area contributed by atoms with Crippen LogP contribution in [0.15, 0.2) is 0 Å². The zero-order chi connectivity index (χ0) is 8.85. The molecule has 0 aliphatic carbocycles. The maximum Gasteiger partial charge on any atom is 0.324 e. The van der Waals surface area contributed by atoms with Gasteiger partial charge in [-0.25, -0.2) is 5.73 Å². The first-order valence-electron chi connectivity index (χ1n) is 3.91. The van der Waals surface area contributed by atoms with Crippen molar-refractivity contribution in [1.82, 2.24) is 5.73 Å². The molecule has 0 amide bonds. The number of carbonyl (C=O) groups excluding carboxylic acids is 1. The van der Waals surface area contributed by atoms with Gasteiger partial charge in [-0.3, -0.25) is 4.79 Å². The van der Waals surface area contributed by atoms with Gasteiger partial charge < -0.3 is 4.74 Å². The van der Waals surface area contributed by atoms with Crippen LogP contribution in [0.1, 0.15) is 27.2 Å². The molecule has 0 saturated heterocycles. The maximum atomic E-state index is 10.7. The van der Waals surface area contributed by atoms with Gasteiger partial charge in [0.1, 0.15) is 6.04 Å². The lowest BCUT2D eigenvalue weighted by molar-refractivity contribution is -0.145. The highest BCUT2D eigenvalue weighted by Crippen LogP contribution is 1.99. The molecule has 1 radical (unpaired) electrons. The largest absolute Gasteiger partial charge is 0.464 e. The van der Waals surface area contributed by atoms with Gasteiger partial charge in [-0.15, -0.1) is 0 Å². The van der Waals surface area contributed by atoms with E-state index in [1.807, 2.05) is 0 Å². The molecule has 0 spiro atoms. The van der Waals surface area contributed by atoms with E-state index < -0.39 is 12.0 Å². The summed E-state index contributed by atoms with van der Waals surface area (Å²) in [4.78, 5) is 10.7. The molecule has 11 heavy (non-hydrogen) atoms. The summed E-state index contributed by atoms with van der Waals surface area (Å²) in [6.45, 7) is 6.09. The van der Waals surface area contributed by atoms with E-state index in [0.29, 0.717) is 12.5 Å². The third-order valence-electron chi connectivity index (χ3n) is 1.29. The fraction of sp³-hybridized carbons (Fsp3) is 0.875. The molecule has 0 bridgehead atoms.